The highest BCUT2D eigenvalue weighted by Gasteiger charge is 2.34. The van der Waals surface area contributed by atoms with E-state index in [-0.39, 0.29) is 5.39 Å². The fourth-order valence-corrected chi connectivity index (χ4v) is 2.63. The van der Waals surface area contributed by atoms with Crippen LogP contribution in [0.2, 0.25) is 0 Å². The van der Waals surface area contributed by atoms with E-state index in [2.05, 4.69) is 5.32 Å². The normalized spacial score (nSPS) is 18.3. The number of halogens is 3. The Morgan fingerprint density at radius 2 is 2.10 bits per heavy atom. The topological polar surface area (TPSA) is 28.4 Å². The molecular formula is C15H15F3N2O. The molecule has 0 saturated carbocycles. The Hall–Kier alpha value is -2.11. The van der Waals surface area contributed by atoms with E-state index in [9.17, 15) is 13.2 Å². The van der Waals surface area contributed by atoms with Gasteiger partial charge in [0.25, 0.3) is 0 Å². The van der Waals surface area contributed by atoms with Crippen molar-refractivity contribution in [1.82, 2.24) is 5.32 Å². The summed E-state index contributed by atoms with van der Waals surface area (Å²) in [6.07, 6.45) is -1.10. The highest BCUT2D eigenvalue weighted by Crippen LogP contribution is 2.39. The van der Waals surface area contributed by atoms with Crippen molar-refractivity contribution in [2.75, 3.05) is 24.5 Å². The maximum Gasteiger partial charge on any atom is 0.417 e. The summed E-state index contributed by atoms with van der Waals surface area (Å²) in [4.78, 5) is 2.03. The predicted molar refractivity (Wildman–Crippen MR) is 75.2 cm³/mol. The molecule has 1 saturated heterocycles. The molecule has 0 atom stereocenters. The molecule has 2 aromatic rings. The van der Waals surface area contributed by atoms with Crippen molar-refractivity contribution in [1.29, 1.82) is 0 Å². The summed E-state index contributed by atoms with van der Waals surface area (Å²) in [5.41, 5.74) is 1.39. The SMILES string of the molecule is C/C=C1\CN(c2ccc(C(F)(F)F)c3ccoc23)CCN1. The lowest BCUT2D eigenvalue weighted by atomic mass is 10.1. The number of rotatable bonds is 1. The lowest BCUT2D eigenvalue weighted by Crippen LogP contribution is -2.42. The standard InChI is InChI=1S/C15H15F3N2O/c1-2-10-9-20(7-6-19-10)13-4-3-12(15(16,17)18)11-5-8-21-14(11)13/h2-5,8,19H,6-7,9H2,1H3/b10-2+. The number of hydrogen-bond donors (Lipinski definition) is 1. The van der Waals surface area contributed by atoms with Crippen molar-refractivity contribution < 1.29 is 17.6 Å². The van der Waals surface area contributed by atoms with Gasteiger partial charge in [0.1, 0.15) is 0 Å². The maximum absolute atomic E-state index is 13.0. The number of fused-ring (bicyclic) bond motifs is 1. The van der Waals surface area contributed by atoms with E-state index in [1.54, 1.807) is 0 Å². The second-order valence-electron chi connectivity index (χ2n) is 4.96. The van der Waals surface area contributed by atoms with Crippen LogP contribution in [-0.2, 0) is 6.18 Å². The number of anilines is 1. The molecule has 21 heavy (non-hydrogen) atoms. The van der Waals surface area contributed by atoms with Gasteiger partial charge < -0.3 is 14.6 Å². The highest BCUT2D eigenvalue weighted by molar-refractivity contribution is 5.92. The second-order valence-corrected chi connectivity index (χ2v) is 4.96. The first-order valence-electron chi connectivity index (χ1n) is 6.72. The van der Waals surface area contributed by atoms with Gasteiger partial charge in [0.15, 0.2) is 5.58 Å². The number of nitrogens with zero attached hydrogens (tertiary/aromatic N) is 1. The molecule has 1 aromatic heterocycles. The van der Waals surface area contributed by atoms with Crippen molar-refractivity contribution in [3.63, 3.8) is 0 Å². The number of nitrogens with one attached hydrogen (secondary N) is 1. The fraction of sp³-hybridized carbons (Fsp3) is 0.333. The van der Waals surface area contributed by atoms with Crippen LogP contribution in [0.3, 0.4) is 0 Å². The Balaban J connectivity index is 2.07. The van der Waals surface area contributed by atoms with E-state index in [1.807, 2.05) is 17.9 Å². The molecule has 0 amide bonds. The molecule has 1 N–H and O–H groups in total. The van der Waals surface area contributed by atoms with Crippen LogP contribution in [0.5, 0.6) is 0 Å². The van der Waals surface area contributed by atoms with Crippen LogP contribution in [0, 0.1) is 0 Å². The highest BCUT2D eigenvalue weighted by atomic mass is 19.4. The summed E-state index contributed by atoms with van der Waals surface area (Å²) in [5.74, 6) is 0. The zero-order chi connectivity index (χ0) is 15.0. The molecule has 3 rings (SSSR count). The first-order chi connectivity index (χ1) is 10.0. The molecule has 0 radical (unpaired) electrons. The van der Waals surface area contributed by atoms with Gasteiger partial charge >= 0.3 is 6.18 Å². The van der Waals surface area contributed by atoms with Gasteiger partial charge in [-0.2, -0.15) is 13.2 Å². The van der Waals surface area contributed by atoms with Gasteiger partial charge in [0, 0.05) is 24.2 Å². The first kappa shape index (κ1) is 13.9. The van der Waals surface area contributed by atoms with Gasteiger partial charge in [0.05, 0.1) is 24.1 Å². The zero-order valence-corrected chi connectivity index (χ0v) is 11.5. The van der Waals surface area contributed by atoms with E-state index < -0.39 is 11.7 Å². The smallest absolute Gasteiger partial charge is 0.417 e. The van der Waals surface area contributed by atoms with Crippen LogP contribution in [-0.4, -0.2) is 19.6 Å². The minimum Gasteiger partial charge on any atom is -0.462 e. The van der Waals surface area contributed by atoms with Crippen molar-refractivity contribution in [3.05, 3.63) is 41.8 Å². The summed E-state index contributed by atoms with van der Waals surface area (Å²) in [6, 6.07) is 4.00. The number of hydrogen-bond acceptors (Lipinski definition) is 3. The quantitative estimate of drug-likeness (QED) is 0.868. The van der Waals surface area contributed by atoms with Crippen LogP contribution >= 0.6 is 0 Å². The molecule has 0 bridgehead atoms. The fourth-order valence-electron chi connectivity index (χ4n) is 2.63. The van der Waals surface area contributed by atoms with E-state index in [4.69, 9.17) is 4.42 Å². The predicted octanol–water partition coefficient (Wildman–Crippen LogP) is 3.77. The average Bonchev–Trinajstić information content (AvgIpc) is 2.94. The minimum absolute atomic E-state index is 0.112. The van der Waals surface area contributed by atoms with Crippen molar-refractivity contribution >= 4 is 16.7 Å². The van der Waals surface area contributed by atoms with Crippen LogP contribution in [0.4, 0.5) is 18.9 Å². The van der Waals surface area contributed by atoms with Crippen LogP contribution in [0.25, 0.3) is 11.0 Å². The second kappa shape index (κ2) is 5.02. The molecule has 1 aliphatic rings. The average molecular weight is 296 g/mol. The monoisotopic (exact) mass is 296 g/mol. The van der Waals surface area contributed by atoms with Gasteiger partial charge in [-0.15, -0.1) is 0 Å². The summed E-state index contributed by atoms with van der Waals surface area (Å²) in [6.45, 7) is 4.04. The third-order valence-corrected chi connectivity index (χ3v) is 3.69. The van der Waals surface area contributed by atoms with Gasteiger partial charge in [-0.1, -0.05) is 6.08 Å². The largest absolute Gasteiger partial charge is 0.462 e. The molecule has 3 nitrogen and oxygen atoms in total. The summed E-state index contributed by atoms with van der Waals surface area (Å²) in [5, 5.41) is 3.37. The first-order valence-corrected chi connectivity index (χ1v) is 6.72. The minimum atomic E-state index is -4.38. The summed E-state index contributed by atoms with van der Waals surface area (Å²) in [7, 11) is 0. The zero-order valence-electron chi connectivity index (χ0n) is 11.5. The van der Waals surface area contributed by atoms with E-state index in [0.29, 0.717) is 17.8 Å². The summed E-state index contributed by atoms with van der Waals surface area (Å²) >= 11 is 0. The van der Waals surface area contributed by atoms with E-state index >= 15 is 0 Å². The van der Waals surface area contributed by atoms with Crippen LogP contribution < -0.4 is 10.2 Å². The van der Waals surface area contributed by atoms with E-state index in [0.717, 1.165) is 24.9 Å². The van der Waals surface area contributed by atoms with Crippen LogP contribution in [0.15, 0.2) is 40.7 Å². The molecule has 0 aliphatic carbocycles. The Kier molecular flexibility index (Phi) is 3.31. The molecule has 0 unspecified atom stereocenters. The number of piperazine rings is 1. The molecule has 2 heterocycles. The molecule has 1 fully saturated rings. The van der Waals surface area contributed by atoms with Gasteiger partial charge in [0.2, 0.25) is 0 Å². The molecule has 112 valence electrons. The molecule has 6 heteroatoms. The van der Waals surface area contributed by atoms with Crippen molar-refractivity contribution in [3.8, 4) is 0 Å². The lowest BCUT2D eigenvalue weighted by molar-refractivity contribution is -0.136. The number of allylic oxidation sites excluding steroid dienone is 1. The van der Waals surface area contributed by atoms with Gasteiger partial charge in [-0.05, 0) is 25.1 Å². The third kappa shape index (κ3) is 2.46. The van der Waals surface area contributed by atoms with Gasteiger partial charge in [-0.25, -0.2) is 0 Å². The number of furan rings is 1. The molecule has 1 aliphatic heterocycles. The molecular weight excluding hydrogens is 281 g/mol. The Labute approximate surface area is 120 Å². The molecule has 0 spiro atoms. The van der Waals surface area contributed by atoms with E-state index in [1.165, 1.54) is 18.4 Å². The summed E-state index contributed by atoms with van der Waals surface area (Å²) < 4.78 is 44.4. The lowest BCUT2D eigenvalue weighted by Gasteiger charge is -2.31. The van der Waals surface area contributed by atoms with Crippen LogP contribution in [0.1, 0.15) is 12.5 Å². The Bertz CT molecular complexity index is 688. The van der Waals surface area contributed by atoms with Crippen molar-refractivity contribution in [2.24, 2.45) is 0 Å². The Morgan fingerprint density at radius 1 is 1.29 bits per heavy atom. The number of benzene rings is 1. The molecule has 1 aromatic carbocycles. The van der Waals surface area contributed by atoms with Gasteiger partial charge in [-0.3, -0.25) is 0 Å². The van der Waals surface area contributed by atoms with Crippen molar-refractivity contribution in [2.45, 2.75) is 13.1 Å². The number of alkyl halides is 3. The third-order valence-electron chi connectivity index (χ3n) is 3.69. The Morgan fingerprint density at radius 3 is 2.81 bits per heavy atom. The maximum atomic E-state index is 13.0.